The highest BCUT2D eigenvalue weighted by molar-refractivity contribution is 9.10. The number of hydrogen-bond acceptors (Lipinski definition) is 5. The number of amides is 2. The van der Waals surface area contributed by atoms with Gasteiger partial charge < -0.3 is 4.74 Å². The van der Waals surface area contributed by atoms with Crippen LogP contribution in [0, 0.1) is 5.92 Å². The smallest absolute Gasteiger partial charge is 0.249 e. The number of nitrogens with zero attached hydrogens (tertiary/aromatic N) is 2. The zero-order valence-electron chi connectivity index (χ0n) is 12.1. The van der Waals surface area contributed by atoms with Crippen LogP contribution in [0.3, 0.4) is 0 Å². The van der Waals surface area contributed by atoms with Crippen LogP contribution in [0.1, 0.15) is 18.9 Å². The van der Waals surface area contributed by atoms with Crippen LogP contribution < -0.4 is 15.6 Å². The Morgan fingerprint density at radius 3 is 3.00 bits per heavy atom. The van der Waals surface area contributed by atoms with Crippen molar-refractivity contribution in [3.8, 4) is 5.75 Å². The zero-order chi connectivity index (χ0) is 16.1. The van der Waals surface area contributed by atoms with Crippen LogP contribution in [-0.4, -0.2) is 30.9 Å². The highest BCUT2D eigenvalue weighted by atomic mass is 79.9. The van der Waals surface area contributed by atoms with Gasteiger partial charge in [0.05, 0.1) is 19.2 Å². The van der Waals surface area contributed by atoms with Crippen LogP contribution in [0.2, 0.25) is 0 Å². The summed E-state index contributed by atoms with van der Waals surface area (Å²) in [5, 5.41) is 7.68. The van der Waals surface area contributed by atoms with Crippen molar-refractivity contribution in [2.24, 2.45) is 16.1 Å². The van der Waals surface area contributed by atoms with Gasteiger partial charge >= 0.3 is 0 Å². The Labute approximate surface area is 135 Å². The number of rotatable bonds is 5. The highest BCUT2D eigenvalue weighted by Crippen LogP contribution is 2.21. The number of halogens is 1. The molecule has 8 heteroatoms. The number of carbonyl (C=O) groups excluding carboxylic acids is 2. The van der Waals surface area contributed by atoms with E-state index in [0.717, 1.165) is 4.47 Å². The molecule has 0 spiro atoms. The molecule has 0 aliphatic carbocycles. The first-order valence-electron chi connectivity index (χ1n) is 6.50. The van der Waals surface area contributed by atoms with Gasteiger partial charge in [-0.25, -0.2) is 10.9 Å². The monoisotopic (exact) mass is 366 g/mol. The summed E-state index contributed by atoms with van der Waals surface area (Å²) in [6.45, 7) is 1.70. The number of nitrogens with one attached hydrogen (secondary N) is 2. The lowest BCUT2D eigenvalue weighted by Crippen LogP contribution is -2.29. The summed E-state index contributed by atoms with van der Waals surface area (Å²) in [5.41, 5.74) is 6.04. The second-order valence-electron chi connectivity index (χ2n) is 4.67. The van der Waals surface area contributed by atoms with Crippen LogP contribution >= 0.6 is 15.9 Å². The van der Waals surface area contributed by atoms with Crippen molar-refractivity contribution in [1.82, 2.24) is 10.9 Å². The van der Waals surface area contributed by atoms with Gasteiger partial charge in [-0.1, -0.05) is 15.9 Å². The second-order valence-corrected chi connectivity index (χ2v) is 5.58. The maximum atomic E-state index is 11.8. The second kappa shape index (κ2) is 7.17. The van der Waals surface area contributed by atoms with E-state index in [2.05, 4.69) is 37.0 Å². The Kier molecular flexibility index (Phi) is 5.26. The first-order chi connectivity index (χ1) is 10.5. The molecule has 0 saturated heterocycles. The molecule has 7 nitrogen and oxygen atoms in total. The molecule has 0 radical (unpaired) electrons. The number of hydrazone groups is 2. The first-order valence-corrected chi connectivity index (χ1v) is 7.30. The van der Waals surface area contributed by atoms with E-state index in [-0.39, 0.29) is 18.2 Å². The van der Waals surface area contributed by atoms with Crippen molar-refractivity contribution >= 4 is 39.7 Å². The Bertz CT molecular complexity index is 657. The molecule has 0 unspecified atom stereocenters. The van der Waals surface area contributed by atoms with E-state index in [9.17, 15) is 9.59 Å². The lowest BCUT2D eigenvalue weighted by Gasteiger charge is -2.06. The minimum Gasteiger partial charge on any atom is -0.496 e. The quantitative estimate of drug-likeness (QED) is 0.609. The van der Waals surface area contributed by atoms with Crippen LogP contribution in [0.5, 0.6) is 5.75 Å². The minimum absolute atomic E-state index is 0.00806. The van der Waals surface area contributed by atoms with Gasteiger partial charge in [0, 0.05) is 22.2 Å². The van der Waals surface area contributed by atoms with Gasteiger partial charge in [0.1, 0.15) is 5.75 Å². The maximum Gasteiger partial charge on any atom is 0.249 e. The van der Waals surface area contributed by atoms with Crippen molar-refractivity contribution < 1.29 is 14.3 Å². The average molecular weight is 367 g/mol. The number of carbonyl (C=O) groups is 2. The molecule has 2 N–H and O–H groups in total. The fourth-order valence-electron chi connectivity index (χ4n) is 1.94. The van der Waals surface area contributed by atoms with Crippen molar-refractivity contribution in [3.05, 3.63) is 28.2 Å². The average Bonchev–Trinajstić information content (AvgIpc) is 2.79. The molecule has 1 aromatic carbocycles. The van der Waals surface area contributed by atoms with Crippen molar-refractivity contribution in [2.45, 2.75) is 13.3 Å². The molecule has 0 bridgehead atoms. The van der Waals surface area contributed by atoms with Gasteiger partial charge in [-0.15, -0.1) is 0 Å². The van der Waals surface area contributed by atoms with E-state index in [1.54, 1.807) is 20.1 Å². The molecule has 116 valence electrons. The molecular formula is C14H15BrN4O3. The van der Waals surface area contributed by atoms with Crippen LogP contribution in [0.25, 0.3) is 0 Å². The van der Waals surface area contributed by atoms with E-state index in [1.165, 1.54) is 6.21 Å². The van der Waals surface area contributed by atoms with E-state index < -0.39 is 5.92 Å². The predicted molar refractivity (Wildman–Crippen MR) is 85.8 cm³/mol. The van der Waals surface area contributed by atoms with E-state index in [0.29, 0.717) is 17.0 Å². The van der Waals surface area contributed by atoms with Gasteiger partial charge in [0.2, 0.25) is 11.8 Å². The summed E-state index contributed by atoms with van der Waals surface area (Å²) in [6.07, 6.45) is 1.49. The number of benzene rings is 1. The van der Waals surface area contributed by atoms with Crippen molar-refractivity contribution in [3.63, 3.8) is 0 Å². The number of methoxy groups -OCH3 is 1. The Morgan fingerprint density at radius 1 is 1.59 bits per heavy atom. The molecular weight excluding hydrogens is 352 g/mol. The molecule has 2 amide bonds. The summed E-state index contributed by atoms with van der Waals surface area (Å²) in [4.78, 5) is 23.3. The fourth-order valence-corrected chi connectivity index (χ4v) is 2.32. The Morgan fingerprint density at radius 2 is 2.36 bits per heavy atom. The van der Waals surface area contributed by atoms with Crippen molar-refractivity contribution in [2.75, 3.05) is 7.11 Å². The molecule has 1 aliphatic heterocycles. The summed E-state index contributed by atoms with van der Waals surface area (Å²) in [7, 11) is 1.56. The third-order valence-corrected chi connectivity index (χ3v) is 3.63. The molecule has 1 atom stereocenters. The third kappa shape index (κ3) is 3.91. The van der Waals surface area contributed by atoms with Gasteiger partial charge in [-0.3, -0.25) is 9.59 Å². The van der Waals surface area contributed by atoms with Crippen LogP contribution in [-0.2, 0) is 9.59 Å². The van der Waals surface area contributed by atoms with E-state index >= 15 is 0 Å². The normalized spacial score (nSPS) is 17.3. The first kappa shape index (κ1) is 16.2. The Hall–Kier alpha value is -2.22. The largest absolute Gasteiger partial charge is 0.496 e. The van der Waals surface area contributed by atoms with E-state index in [1.807, 2.05) is 12.1 Å². The molecule has 2 rings (SSSR count). The van der Waals surface area contributed by atoms with Gasteiger partial charge in [-0.2, -0.15) is 10.2 Å². The summed E-state index contributed by atoms with van der Waals surface area (Å²) < 4.78 is 6.07. The molecule has 0 saturated carbocycles. The molecule has 1 aliphatic rings. The van der Waals surface area contributed by atoms with Gasteiger partial charge in [0.15, 0.2) is 0 Å². The minimum atomic E-state index is -0.532. The molecule has 0 fully saturated rings. The molecule has 22 heavy (non-hydrogen) atoms. The lowest BCUT2D eigenvalue weighted by molar-refractivity contribution is -0.127. The summed E-state index contributed by atoms with van der Waals surface area (Å²) in [5.74, 6) is -0.526. The fraction of sp³-hybridized carbons (Fsp3) is 0.286. The van der Waals surface area contributed by atoms with Gasteiger partial charge in [-0.05, 0) is 25.1 Å². The van der Waals surface area contributed by atoms with Crippen LogP contribution in [0.4, 0.5) is 0 Å². The topological polar surface area (TPSA) is 92.1 Å². The Balaban J connectivity index is 1.95. The predicted octanol–water partition coefficient (Wildman–Crippen LogP) is 1.42. The molecule has 1 heterocycles. The molecule has 1 aromatic rings. The SMILES string of the molecule is COc1ccc(Br)cc1/C=N\NC(=O)C[C@@H]1C(=O)NN=C1C. The summed E-state index contributed by atoms with van der Waals surface area (Å²) in [6, 6.07) is 5.45. The standard InChI is InChI=1S/C14H15BrN4O3/c1-8-11(14(21)19-17-8)6-13(20)18-16-7-9-5-10(15)3-4-12(9)22-2/h3-5,7,11H,6H2,1-2H3,(H,18,20)(H,19,21)/b16-7-/t11-/m0/s1. The van der Waals surface area contributed by atoms with E-state index in [4.69, 9.17) is 4.74 Å². The maximum absolute atomic E-state index is 11.8. The number of hydrogen-bond donors (Lipinski definition) is 2. The lowest BCUT2D eigenvalue weighted by atomic mass is 10.0. The summed E-state index contributed by atoms with van der Waals surface area (Å²) >= 11 is 3.36. The zero-order valence-corrected chi connectivity index (χ0v) is 13.7. The molecule has 0 aromatic heterocycles. The van der Waals surface area contributed by atoms with Gasteiger partial charge in [0.25, 0.3) is 0 Å². The third-order valence-electron chi connectivity index (χ3n) is 3.14. The highest BCUT2D eigenvalue weighted by Gasteiger charge is 2.28. The number of ether oxygens (including phenoxy) is 1. The van der Waals surface area contributed by atoms with Crippen LogP contribution in [0.15, 0.2) is 32.9 Å². The van der Waals surface area contributed by atoms with Crippen molar-refractivity contribution in [1.29, 1.82) is 0 Å².